The Kier molecular flexibility index (Phi) is 6.24. The molecule has 0 aliphatic heterocycles. The third-order valence-electron chi connectivity index (χ3n) is 5.22. The molecular weight excluding hydrogens is 393 g/mol. The molecule has 4 aromatic carbocycles. The summed E-state index contributed by atoms with van der Waals surface area (Å²) in [6.45, 7) is 1.76. The molecule has 0 aromatic heterocycles. The summed E-state index contributed by atoms with van der Waals surface area (Å²) < 4.78 is 19.3. The summed E-state index contributed by atoms with van der Waals surface area (Å²) in [4.78, 5) is 10.9. The summed E-state index contributed by atoms with van der Waals surface area (Å²) in [6.07, 6.45) is 0. The average molecular weight is 415 g/mol. The maximum Gasteiger partial charge on any atom is 0.129 e. The number of quaternary nitrogens is 1. The minimum Gasteiger partial charge on any atom is -0.545 e. The predicted molar refractivity (Wildman–Crippen MR) is 115 cm³/mol. The number of aromatic carboxylic acids is 1. The molecule has 0 amide bonds. The van der Waals surface area contributed by atoms with E-state index in [1.54, 1.807) is 36.4 Å². The Bertz CT molecular complexity index is 1190. The number of halogens is 1. The molecule has 0 heterocycles. The normalized spacial score (nSPS) is 10.9. The van der Waals surface area contributed by atoms with Gasteiger partial charge in [-0.1, -0.05) is 66.7 Å². The SMILES string of the molecule is O=C([O-])c1ccc(C[NH2+]Cc2c(OCc3ccc(F)cc3)ccc3ccccc23)cc1. The average Bonchev–Trinajstić information content (AvgIpc) is 2.79. The van der Waals surface area contributed by atoms with Crippen LogP contribution in [0.4, 0.5) is 4.39 Å². The van der Waals surface area contributed by atoms with Crippen molar-refractivity contribution in [2.75, 3.05) is 0 Å². The van der Waals surface area contributed by atoms with E-state index in [0.717, 1.165) is 33.2 Å². The lowest BCUT2D eigenvalue weighted by atomic mass is 10.0. The first-order valence-electron chi connectivity index (χ1n) is 10.1. The maximum atomic E-state index is 13.2. The number of hydrogen-bond donors (Lipinski definition) is 1. The smallest absolute Gasteiger partial charge is 0.129 e. The van der Waals surface area contributed by atoms with Crippen molar-refractivity contribution < 1.29 is 24.3 Å². The number of hydrogen-bond acceptors (Lipinski definition) is 3. The minimum atomic E-state index is -1.17. The van der Waals surface area contributed by atoms with Crippen LogP contribution < -0.4 is 15.2 Å². The van der Waals surface area contributed by atoms with Crippen molar-refractivity contribution in [1.82, 2.24) is 0 Å². The van der Waals surface area contributed by atoms with Crippen molar-refractivity contribution in [2.24, 2.45) is 0 Å². The summed E-state index contributed by atoms with van der Waals surface area (Å²) >= 11 is 0. The van der Waals surface area contributed by atoms with Gasteiger partial charge in [-0.3, -0.25) is 0 Å². The molecule has 0 bridgehead atoms. The van der Waals surface area contributed by atoms with Gasteiger partial charge in [0.05, 0.1) is 11.5 Å². The highest BCUT2D eigenvalue weighted by atomic mass is 19.1. The van der Waals surface area contributed by atoms with Gasteiger partial charge in [-0.25, -0.2) is 4.39 Å². The number of carbonyl (C=O) groups is 1. The zero-order valence-electron chi connectivity index (χ0n) is 16.9. The fourth-order valence-corrected chi connectivity index (χ4v) is 3.56. The molecule has 0 atom stereocenters. The molecular formula is C26H22FNO3. The number of carboxylic acids is 1. The fourth-order valence-electron chi connectivity index (χ4n) is 3.56. The van der Waals surface area contributed by atoms with Crippen LogP contribution in [0.2, 0.25) is 0 Å². The van der Waals surface area contributed by atoms with Gasteiger partial charge in [0, 0.05) is 5.56 Å². The second kappa shape index (κ2) is 9.41. The number of rotatable bonds is 8. The number of carbonyl (C=O) groups excluding carboxylic acids is 1. The highest BCUT2D eigenvalue weighted by Crippen LogP contribution is 2.28. The third kappa shape index (κ3) is 5.08. The van der Waals surface area contributed by atoms with Crippen molar-refractivity contribution in [2.45, 2.75) is 19.7 Å². The van der Waals surface area contributed by atoms with Crippen LogP contribution in [0.15, 0.2) is 84.9 Å². The summed E-state index contributed by atoms with van der Waals surface area (Å²) in [5.74, 6) is -0.641. The van der Waals surface area contributed by atoms with E-state index < -0.39 is 5.97 Å². The van der Waals surface area contributed by atoms with E-state index in [1.807, 2.05) is 24.3 Å². The monoisotopic (exact) mass is 415 g/mol. The van der Waals surface area contributed by atoms with Crippen molar-refractivity contribution >= 4 is 16.7 Å². The molecule has 0 aliphatic carbocycles. The second-order valence-corrected chi connectivity index (χ2v) is 7.36. The molecule has 0 aliphatic rings. The lowest BCUT2D eigenvalue weighted by Crippen LogP contribution is -2.80. The van der Waals surface area contributed by atoms with Crippen molar-refractivity contribution in [3.05, 3.63) is 113 Å². The molecule has 4 rings (SSSR count). The van der Waals surface area contributed by atoms with E-state index in [1.165, 1.54) is 12.1 Å². The Hall–Kier alpha value is -3.70. The van der Waals surface area contributed by atoms with Crippen LogP contribution in [-0.4, -0.2) is 5.97 Å². The molecule has 4 aromatic rings. The molecule has 0 saturated carbocycles. The lowest BCUT2D eigenvalue weighted by Gasteiger charge is -2.14. The number of ether oxygens (including phenoxy) is 1. The molecule has 156 valence electrons. The Morgan fingerprint density at radius 3 is 2.29 bits per heavy atom. The van der Waals surface area contributed by atoms with Crippen LogP contribution in [0.25, 0.3) is 10.8 Å². The number of benzene rings is 4. The molecule has 0 saturated heterocycles. The van der Waals surface area contributed by atoms with E-state index in [-0.39, 0.29) is 11.4 Å². The van der Waals surface area contributed by atoms with E-state index >= 15 is 0 Å². The van der Waals surface area contributed by atoms with Crippen molar-refractivity contribution in [3.8, 4) is 5.75 Å². The van der Waals surface area contributed by atoms with E-state index in [2.05, 4.69) is 17.4 Å². The number of fused-ring (bicyclic) bond motifs is 1. The van der Waals surface area contributed by atoms with Crippen molar-refractivity contribution in [1.29, 1.82) is 0 Å². The Labute approximate surface area is 179 Å². The van der Waals surface area contributed by atoms with Gasteiger partial charge in [-0.2, -0.15) is 0 Å². The second-order valence-electron chi connectivity index (χ2n) is 7.36. The molecule has 0 unspecified atom stereocenters. The molecule has 0 fully saturated rings. The Morgan fingerprint density at radius 1 is 0.839 bits per heavy atom. The van der Waals surface area contributed by atoms with Gasteiger partial charge in [0.2, 0.25) is 0 Å². The van der Waals surface area contributed by atoms with Crippen LogP contribution in [0.1, 0.15) is 27.0 Å². The van der Waals surface area contributed by atoms with E-state index in [0.29, 0.717) is 19.7 Å². The first kappa shape index (κ1) is 20.6. The topological polar surface area (TPSA) is 66.0 Å². The largest absolute Gasteiger partial charge is 0.545 e. The van der Waals surface area contributed by atoms with Crippen molar-refractivity contribution in [3.63, 3.8) is 0 Å². The molecule has 0 radical (unpaired) electrons. The fraction of sp³-hybridized carbons (Fsp3) is 0.115. The Balaban J connectivity index is 1.50. The summed E-state index contributed by atoms with van der Waals surface area (Å²) in [5.41, 5.74) is 3.19. The summed E-state index contributed by atoms with van der Waals surface area (Å²) in [6, 6.07) is 25.2. The van der Waals surface area contributed by atoms with Gasteiger partial charge in [0.15, 0.2) is 0 Å². The zero-order chi connectivity index (χ0) is 21.6. The van der Waals surface area contributed by atoms with Gasteiger partial charge < -0.3 is 20.0 Å². The first-order chi connectivity index (χ1) is 15.1. The van der Waals surface area contributed by atoms with E-state index in [9.17, 15) is 14.3 Å². The lowest BCUT2D eigenvalue weighted by molar-refractivity contribution is -0.686. The third-order valence-corrected chi connectivity index (χ3v) is 5.22. The molecule has 0 spiro atoms. The van der Waals surface area contributed by atoms with Crippen LogP contribution in [0.3, 0.4) is 0 Å². The number of carboxylic acid groups (broad SMARTS) is 1. The molecule has 2 N–H and O–H groups in total. The predicted octanol–water partition coefficient (Wildman–Crippen LogP) is 3.19. The minimum absolute atomic E-state index is 0.175. The number of nitrogens with two attached hydrogens (primary N) is 1. The maximum absolute atomic E-state index is 13.2. The van der Waals surface area contributed by atoms with E-state index in [4.69, 9.17) is 4.74 Å². The highest BCUT2D eigenvalue weighted by molar-refractivity contribution is 5.87. The highest BCUT2D eigenvalue weighted by Gasteiger charge is 2.11. The van der Waals surface area contributed by atoms with Crippen LogP contribution in [0.5, 0.6) is 5.75 Å². The standard InChI is InChI=1S/C26H22FNO3/c27-22-12-7-19(8-13-22)17-31-25-14-11-20-3-1-2-4-23(20)24(25)16-28-15-18-5-9-21(10-6-18)26(29)30/h1-14,28H,15-17H2,(H,29,30). The quantitative estimate of drug-likeness (QED) is 0.481. The van der Waals surface area contributed by atoms with Crippen LogP contribution >= 0.6 is 0 Å². The molecule has 5 heteroatoms. The molecule has 31 heavy (non-hydrogen) atoms. The molecule has 4 nitrogen and oxygen atoms in total. The summed E-state index contributed by atoms with van der Waals surface area (Å²) in [5, 5.41) is 15.3. The van der Waals surface area contributed by atoms with Gasteiger partial charge in [0.25, 0.3) is 0 Å². The van der Waals surface area contributed by atoms with Gasteiger partial charge in [-0.15, -0.1) is 0 Å². The van der Waals surface area contributed by atoms with Crippen LogP contribution in [-0.2, 0) is 19.7 Å². The first-order valence-corrected chi connectivity index (χ1v) is 10.1. The van der Waals surface area contributed by atoms with Gasteiger partial charge in [0.1, 0.15) is 31.3 Å². The van der Waals surface area contributed by atoms with Gasteiger partial charge in [-0.05, 0) is 40.1 Å². The zero-order valence-corrected chi connectivity index (χ0v) is 16.9. The summed E-state index contributed by atoms with van der Waals surface area (Å²) in [7, 11) is 0. The Morgan fingerprint density at radius 2 is 1.55 bits per heavy atom. The van der Waals surface area contributed by atoms with Crippen LogP contribution in [0, 0.1) is 5.82 Å². The van der Waals surface area contributed by atoms with Gasteiger partial charge >= 0.3 is 0 Å².